The van der Waals surface area contributed by atoms with Crippen molar-refractivity contribution in [1.82, 2.24) is 15.1 Å². The van der Waals surface area contributed by atoms with Crippen molar-refractivity contribution in [3.63, 3.8) is 0 Å². The molecule has 7 heteroatoms. The fraction of sp³-hybridized carbons (Fsp3) is 0.500. The quantitative estimate of drug-likeness (QED) is 0.806. The van der Waals surface area contributed by atoms with Crippen LogP contribution in [-0.2, 0) is 0 Å². The maximum absolute atomic E-state index is 11.7. The number of carbonyl (C=O) groups is 1. The summed E-state index contributed by atoms with van der Waals surface area (Å²) in [5.41, 5.74) is 0. The molecule has 1 rings (SSSR count). The standard InChI is InChI=1S/C8H9ClN4OS/c1-5(3-10)4-13(2)7(14)6-11-12-8(9)15-6/h5H,4H2,1-2H3. The molecule has 0 fully saturated rings. The van der Waals surface area contributed by atoms with Gasteiger partial charge >= 0.3 is 0 Å². The number of nitrogens with zero attached hydrogens (tertiary/aromatic N) is 4. The first-order chi connectivity index (χ1) is 7.04. The van der Waals surface area contributed by atoms with Crippen LogP contribution in [0.2, 0.25) is 4.47 Å². The number of rotatable bonds is 3. The average Bonchev–Trinajstić information content (AvgIpc) is 2.63. The Morgan fingerprint density at radius 3 is 2.87 bits per heavy atom. The van der Waals surface area contributed by atoms with E-state index in [9.17, 15) is 4.79 Å². The summed E-state index contributed by atoms with van der Waals surface area (Å²) in [4.78, 5) is 13.1. The van der Waals surface area contributed by atoms with Crippen LogP contribution in [0.5, 0.6) is 0 Å². The van der Waals surface area contributed by atoms with Gasteiger partial charge in [-0.25, -0.2) is 0 Å². The third-order valence-corrected chi connectivity index (χ3v) is 2.70. The van der Waals surface area contributed by atoms with E-state index in [1.807, 2.05) is 0 Å². The zero-order chi connectivity index (χ0) is 11.4. The van der Waals surface area contributed by atoms with Gasteiger partial charge in [0.15, 0.2) is 0 Å². The molecule has 0 aliphatic heterocycles. The highest BCUT2D eigenvalue weighted by Crippen LogP contribution is 2.16. The van der Waals surface area contributed by atoms with Gasteiger partial charge in [-0.1, -0.05) is 11.3 Å². The van der Waals surface area contributed by atoms with E-state index in [-0.39, 0.29) is 21.3 Å². The number of nitriles is 1. The maximum Gasteiger partial charge on any atom is 0.284 e. The summed E-state index contributed by atoms with van der Waals surface area (Å²) >= 11 is 6.59. The Bertz CT molecular complexity index is 400. The average molecular weight is 245 g/mol. The molecule has 0 aliphatic rings. The lowest BCUT2D eigenvalue weighted by Crippen LogP contribution is -2.30. The van der Waals surface area contributed by atoms with Crippen LogP contribution >= 0.6 is 22.9 Å². The van der Waals surface area contributed by atoms with Gasteiger partial charge in [0.1, 0.15) is 0 Å². The van der Waals surface area contributed by atoms with E-state index in [2.05, 4.69) is 16.3 Å². The Labute approximate surface area is 96.3 Å². The topological polar surface area (TPSA) is 69.9 Å². The predicted octanol–water partition coefficient (Wildman–Crippen LogP) is 1.42. The molecule has 0 saturated heterocycles. The van der Waals surface area contributed by atoms with Gasteiger partial charge in [0.25, 0.3) is 5.91 Å². The molecular formula is C8H9ClN4OS. The molecule has 80 valence electrons. The summed E-state index contributed by atoms with van der Waals surface area (Å²) in [5.74, 6) is -0.469. The molecule has 1 atom stereocenters. The summed E-state index contributed by atoms with van der Waals surface area (Å²) in [6.07, 6.45) is 0. The Kier molecular flexibility index (Phi) is 4.00. The molecule has 0 aliphatic carbocycles. The summed E-state index contributed by atoms with van der Waals surface area (Å²) in [7, 11) is 1.62. The first-order valence-electron chi connectivity index (χ1n) is 4.18. The predicted molar refractivity (Wildman–Crippen MR) is 56.7 cm³/mol. The second kappa shape index (κ2) is 5.05. The molecule has 5 nitrogen and oxygen atoms in total. The van der Waals surface area contributed by atoms with Crippen LogP contribution in [0.25, 0.3) is 0 Å². The molecule has 0 aromatic carbocycles. The van der Waals surface area contributed by atoms with Gasteiger partial charge in [0, 0.05) is 13.6 Å². The molecule has 0 radical (unpaired) electrons. The summed E-state index contributed by atoms with van der Waals surface area (Å²) in [6, 6.07) is 2.05. The number of hydrogen-bond donors (Lipinski definition) is 0. The first-order valence-corrected chi connectivity index (χ1v) is 5.38. The Hall–Kier alpha value is -1.19. The Balaban J connectivity index is 2.65. The van der Waals surface area contributed by atoms with E-state index in [0.717, 1.165) is 11.3 Å². The van der Waals surface area contributed by atoms with Crippen LogP contribution in [-0.4, -0.2) is 34.6 Å². The van der Waals surface area contributed by atoms with Crippen LogP contribution < -0.4 is 0 Å². The van der Waals surface area contributed by atoms with Crippen molar-refractivity contribution in [2.75, 3.05) is 13.6 Å². The largest absolute Gasteiger partial charge is 0.338 e. The highest BCUT2D eigenvalue weighted by atomic mass is 35.5. The number of carbonyl (C=O) groups excluding carboxylic acids is 1. The molecule has 1 unspecified atom stereocenters. The minimum atomic E-state index is -0.262. The number of hydrogen-bond acceptors (Lipinski definition) is 5. The highest BCUT2D eigenvalue weighted by molar-refractivity contribution is 7.17. The van der Waals surface area contributed by atoms with Crippen LogP contribution in [0.4, 0.5) is 0 Å². The highest BCUT2D eigenvalue weighted by Gasteiger charge is 2.18. The smallest absolute Gasteiger partial charge is 0.284 e. The van der Waals surface area contributed by atoms with Crippen LogP contribution in [0.15, 0.2) is 0 Å². The van der Waals surface area contributed by atoms with E-state index in [1.165, 1.54) is 4.90 Å². The normalized spacial score (nSPS) is 11.9. The molecule has 0 N–H and O–H groups in total. The first kappa shape index (κ1) is 11.9. The van der Waals surface area contributed by atoms with E-state index < -0.39 is 0 Å². The third kappa shape index (κ3) is 3.15. The maximum atomic E-state index is 11.7. The van der Waals surface area contributed by atoms with Crippen molar-refractivity contribution in [2.45, 2.75) is 6.92 Å². The van der Waals surface area contributed by atoms with Crippen LogP contribution in [0.3, 0.4) is 0 Å². The summed E-state index contributed by atoms with van der Waals surface area (Å²) in [6.45, 7) is 2.11. The summed E-state index contributed by atoms with van der Waals surface area (Å²) in [5, 5.41) is 16.0. The van der Waals surface area contributed by atoms with E-state index in [0.29, 0.717) is 6.54 Å². The molecule has 1 aromatic heterocycles. The second-order valence-corrected chi connectivity index (χ2v) is 4.64. The number of halogens is 1. The third-order valence-electron chi connectivity index (χ3n) is 1.70. The minimum absolute atomic E-state index is 0.206. The van der Waals surface area contributed by atoms with Crippen molar-refractivity contribution in [1.29, 1.82) is 5.26 Å². The molecule has 1 heterocycles. The van der Waals surface area contributed by atoms with Crippen molar-refractivity contribution in [3.8, 4) is 6.07 Å². The van der Waals surface area contributed by atoms with Crippen LogP contribution in [0.1, 0.15) is 16.7 Å². The lowest BCUT2D eigenvalue weighted by molar-refractivity contribution is 0.0784. The second-order valence-electron chi connectivity index (χ2n) is 3.08. The molecular weight excluding hydrogens is 236 g/mol. The van der Waals surface area contributed by atoms with E-state index in [1.54, 1.807) is 14.0 Å². The van der Waals surface area contributed by atoms with Gasteiger partial charge in [-0.3, -0.25) is 4.79 Å². The van der Waals surface area contributed by atoms with Gasteiger partial charge in [0.05, 0.1) is 12.0 Å². The monoisotopic (exact) mass is 244 g/mol. The van der Waals surface area contributed by atoms with Gasteiger partial charge in [-0.05, 0) is 18.5 Å². The zero-order valence-electron chi connectivity index (χ0n) is 8.27. The van der Waals surface area contributed by atoms with E-state index in [4.69, 9.17) is 16.9 Å². The molecule has 15 heavy (non-hydrogen) atoms. The van der Waals surface area contributed by atoms with Crippen molar-refractivity contribution >= 4 is 28.8 Å². The fourth-order valence-electron chi connectivity index (χ4n) is 0.990. The van der Waals surface area contributed by atoms with Crippen molar-refractivity contribution in [3.05, 3.63) is 9.47 Å². The molecule has 0 bridgehead atoms. The Morgan fingerprint density at radius 1 is 1.73 bits per heavy atom. The lowest BCUT2D eigenvalue weighted by atomic mass is 10.2. The zero-order valence-corrected chi connectivity index (χ0v) is 9.84. The SMILES string of the molecule is CC(C#N)CN(C)C(=O)c1nnc(Cl)s1. The molecule has 0 spiro atoms. The minimum Gasteiger partial charge on any atom is -0.338 e. The van der Waals surface area contributed by atoms with Gasteiger partial charge in [-0.15, -0.1) is 10.2 Å². The number of amides is 1. The van der Waals surface area contributed by atoms with Crippen LogP contribution in [0, 0.1) is 17.2 Å². The summed E-state index contributed by atoms with van der Waals surface area (Å²) < 4.78 is 0.236. The lowest BCUT2D eigenvalue weighted by Gasteiger charge is -2.16. The molecule has 0 saturated carbocycles. The van der Waals surface area contributed by atoms with Gasteiger partial charge in [-0.2, -0.15) is 5.26 Å². The van der Waals surface area contributed by atoms with Crippen molar-refractivity contribution in [2.24, 2.45) is 5.92 Å². The van der Waals surface area contributed by atoms with Gasteiger partial charge < -0.3 is 4.90 Å². The Morgan fingerprint density at radius 2 is 2.40 bits per heavy atom. The molecule has 1 aromatic rings. The van der Waals surface area contributed by atoms with Crippen molar-refractivity contribution < 1.29 is 4.79 Å². The number of aromatic nitrogens is 2. The fourth-order valence-corrected chi connectivity index (χ4v) is 1.81. The van der Waals surface area contributed by atoms with Gasteiger partial charge in [0.2, 0.25) is 9.47 Å². The van der Waals surface area contributed by atoms with E-state index >= 15 is 0 Å². The molecule has 1 amide bonds.